The molecule has 1 aromatic heterocycles. The molecule has 0 amide bonds. The van der Waals surface area contributed by atoms with Crippen molar-refractivity contribution in [3.05, 3.63) is 15.6 Å². The second-order valence-electron chi connectivity index (χ2n) is 5.62. The smallest absolute Gasteiger partial charge is 0.122 e. The van der Waals surface area contributed by atoms with Gasteiger partial charge in [-0.05, 0) is 25.7 Å². The fraction of sp³-hybridized carbons (Fsp3) is 0.800. The Balaban J connectivity index is 1.80. The van der Waals surface area contributed by atoms with Crippen molar-refractivity contribution in [2.45, 2.75) is 58.1 Å². The average Bonchev–Trinajstić information content (AvgIpc) is 2.89. The van der Waals surface area contributed by atoms with Crippen LogP contribution in [0.25, 0.3) is 0 Å². The third kappa shape index (κ3) is 3.01. The van der Waals surface area contributed by atoms with Crippen LogP contribution in [0.3, 0.4) is 0 Å². The molecule has 4 heteroatoms. The maximum Gasteiger partial charge on any atom is 0.122 e. The number of thiazole rings is 1. The van der Waals surface area contributed by atoms with Gasteiger partial charge in [0.05, 0.1) is 5.69 Å². The van der Waals surface area contributed by atoms with Gasteiger partial charge in [-0.1, -0.05) is 19.3 Å². The molecule has 0 spiro atoms. The van der Waals surface area contributed by atoms with E-state index in [-0.39, 0.29) is 6.10 Å². The highest BCUT2D eigenvalue weighted by molar-refractivity contribution is 7.11. The van der Waals surface area contributed by atoms with E-state index < -0.39 is 0 Å². The molecular weight excluding hydrogens is 256 g/mol. The van der Waals surface area contributed by atoms with Gasteiger partial charge in [0, 0.05) is 31.0 Å². The highest BCUT2D eigenvalue weighted by Gasteiger charge is 2.29. The molecule has 0 radical (unpaired) electrons. The van der Waals surface area contributed by atoms with Crippen LogP contribution in [0.15, 0.2) is 0 Å². The molecule has 0 aromatic carbocycles. The molecule has 0 bridgehead atoms. The minimum atomic E-state index is 0.251. The summed E-state index contributed by atoms with van der Waals surface area (Å²) in [5.74, 6) is 0.689. The highest BCUT2D eigenvalue weighted by Crippen LogP contribution is 2.39. The van der Waals surface area contributed by atoms with Crippen LogP contribution >= 0.6 is 11.3 Å². The predicted octanol–water partition coefficient (Wildman–Crippen LogP) is 3.45. The lowest BCUT2D eigenvalue weighted by atomic mass is 9.85. The summed E-state index contributed by atoms with van der Waals surface area (Å²) < 4.78 is 6.07. The lowest BCUT2D eigenvalue weighted by molar-refractivity contribution is 0.00543. The minimum Gasteiger partial charge on any atom is -0.371 e. The standard InChI is InChI=1S/C15H24N2OS/c1-2-18-14(11-6-4-3-5-7-11)15-17-12-8-9-16-10-13(12)19-15/h11,14,16H,2-10H2,1H3. The first-order valence-electron chi connectivity index (χ1n) is 7.69. The number of aromatic nitrogens is 1. The fourth-order valence-electron chi connectivity index (χ4n) is 3.29. The molecule has 1 aromatic rings. The molecule has 1 saturated carbocycles. The molecule has 3 rings (SSSR count). The SMILES string of the molecule is CCOC(c1nc2c(s1)CNCC2)C1CCCCC1. The molecular formula is C15H24N2OS. The Bertz CT molecular complexity index is 389. The molecule has 106 valence electrons. The highest BCUT2D eigenvalue weighted by atomic mass is 32.1. The molecule has 1 N–H and O–H groups in total. The minimum absolute atomic E-state index is 0.251. The van der Waals surface area contributed by atoms with Gasteiger partial charge in [0.1, 0.15) is 11.1 Å². The summed E-state index contributed by atoms with van der Waals surface area (Å²) in [6, 6.07) is 0. The van der Waals surface area contributed by atoms with Gasteiger partial charge in [0.25, 0.3) is 0 Å². The summed E-state index contributed by atoms with van der Waals surface area (Å²) in [5.41, 5.74) is 1.32. The van der Waals surface area contributed by atoms with Crippen molar-refractivity contribution in [2.24, 2.45) is 5.92 Å². The molecule has 3 nitrogen and oxygen atoms in total. The summed E-state index contributed by atoms with van der Waals surface area (Å²) in [6.07, 6.45) is 8.08. The molecule has 2 aliphatic rings. The Kier molecular flexibility index (Phi) is 4.51. The molecule has 2 heterocycles. The average molecular weight is 280 g/mol. The summed E-state index contributed by atoms with van der Waals surface area (Å²) in [5, 5.41) is 4.67. The van der Waals surface area contributed by atoms with Crippen molar-refractivity contribution >= 4 is 11.3 Å². The quantitative estimate of drug-likeness (QED) is 0.917. The van der Waals surface area contributed by atoms with E-state index in [1.54, 1.807) is 0 Å². The zero-order valence-corrected chi connectivity index (χ0v) is 12.6. The normalized spacial score (nSPS) is 22.2. The monoisotopic (exact) mass is 280 g/mol. The zero-order chi connectivity index (χ0) is 13.1. The second-order valence-corrected chi connectivity index (χ2v) is 6.74. The van der Waals surface area contributed by atoms with Crippen LogP contribution in [0.4, 0.5) is 0 Å². The largest absolute Gasteiger partial charge is 0.371 e. The van der Waals surface area contributed by atoms with Gasteiger partial charge < -0.3 is 10.1 Å². The van der Waals surface area contributed by atoms with Crippen molar-refractivity contribution in [2.75, 3.05) is 13.2 Å². The van der Waals surface area contributed by atoms with Crippen molar-refractivity contribution in [1.82, 2.24) is 10.3 Å². The first kappa shape index (κ1) is 13.5. The third-order valence-electron chi connectivity index (χ3n) is 4.29. The van der Waals surface area contributed by atoms with E-state index in [0.717, 1.165) is 26.1 Å². The third-order valence-corrected chi connectivity index (χ3v) is 5.45. The summed E-state index contributed by atoms with van der Waals surface area (Å²) >= 11 is 1.88. The Morgan fingerprint density at radius 1 is 1.37 bits per heavy atom. The van der Waals surface area contributed by atoms with Gasteiger partial charge >= 0.3 is 0 Å². The molecule has 1 fully saturated rings. The Morgan fingerprint density at radius 3 is 2.95 bits per heavy atom. The van der Waals surface area contributed by atoms with Gasteiger partial charge in [-0.15, -0.1) is 11.3 Å². The lowest BCUT2D eigenvalue weighted by Gasteiger charge is -2.28. The molecule has 1 aliphatic carbocycles. The second kappa shape index (κ2) is 6.33. The van der Waals surface area contributed by atoms with Gasteiger partial charge in [0.15, 0.2) is 0 Å². The van der Waals surface area contributed by atoms with Crippen molar-refractivity contribution < 1.29 is 4.74 Å². The van der Waals surface area contributed by atoms with Crippen LogP contribution in [-0.2, 0) is 17.7 Å². The van der Waals surface area contributed by atoms with E-state index in [4.69, 9.17) is 9.72 Å². The van der Waals surface area contributed by atoms with E-state index in [1.165, 1.54) is 47.7 Å². The maximum atomic E-state index is 6.07. The first-order chi connectivity index (χ1) is 9.38. The molecule has 1 atom stereocenters. The summed E-state index contributed by atoms with van der Waals surface area (Å²) in [6.45, 7) is 4.96. The van der Waals surface area contributed by atoms with Crippen LogP contribution in [0, 0.1) is 5.92 Å². The van der Waals surface area contributed by atoms with Crippen LogP contribution in [-0.4, -0.2) is 18.1 Å². The Morgan fingerprint density at radius 2 is 2.21 bits per heavy atom. The molecule has 19 heavy (non-hydrogen) atoms. The number of rotatable bonds is 4. The zero-order valence-electron chi connectivity index (χ0n) is 11.8. The molecule has 0 saturated heterocycles. The molecule has 1 unspecified atom stereocenters. The van der Waals surface area contributed by atoms with Gasteiger partial charge in [-0.2, -0.15) is 0 Å². The number of nitrogens with zero attached hydrogens (tertiary/aromatic N) is 1. The van der Waals surface area contributed by atoms with E-state index >= 15 is 0 Å². The van der Waals surface area contributed by atoms with Crippen molar-refractivity contribution in [3.63, 3.8) is 0 Å². The number of ether oxygens (including phenoxy) is 1. The maximum absolute atomic E-state index is 6.07. The van der Waals surface area contributed by atoms with Crippen LogP contribution in [0.5, 0.6) is 0 Å². The summed E-state index contributed by atoms with van der Waals surface area (Å²) in [4.78, 5) is 6.33. The van der Waals surface area contributed by atoms with Gasteiger partial charge in [-0.3, -0.25) is 0 Å². The first-order valence-corrected chi connectivity index (χ1v) is 8.51. The molecule has 1 aliphatic heterocycles. The van der Waals surface area contributed by atoms with Crippen LogP contribution in [0.2, 0.25) is 0 Å². The Labute approximate surface area is 119 Å². The number of hydrogen-bond donors (Lipinski definition) is 1. The van der Waals surface area contributed by atoms with Crippen molar-refractivity contribution in [3.8, 4) is 0 Å². The van der Waals surface area contributed by atoms with Crippen LogP contribution < -0.4 is 5.32 Å². The number of hydrogen-bond acceptors (Lipinski definition) is 4. The Hall–Kier alpha value is -0.450. The predicted molar refractivity (Wildman–Crippen MR) is 78.5 cm³/mol. The van der Waals surface area contributed by atoms with Gasteiger partial charge in [0.2, 0.25) is 0 Å². The van der Waals surface area contributed by atoms with Crippen molar-refractivity contribution in [1.29, 1.82) is 0 Å². The summed E-state index contributed by atoms with van der Waals surface area (Å²) in [7, 11) is 0. The van der Waals surface area contributed by atoms with E-state index in [9.17, 15) is 0 Å². The van der Waals surface area contributed by atoms with E-state index in [1.807, 2.05) is 11.3 Å². The fourth-order valence-corrected chi connectivity index (χ4v) is 4.52. The van der Waals surface area contributed by atoms with Gasteiger partial charge in [-0.25, -0.2) is 4.98 Å². The topological polar surface area (TPSA) is 34.1 Å². The number of nitrogens with one attached hydrogen (secondary N) is 1. The van der Waals surface area contributed by atoms with E-state index in [0.29, 0.717) is 5.92 Å². The number of fused-ring (bicyclic) bond motifs is 1. The van der Waals surface area contributed by atoms with Crippen LogP contribution in [0.1, 0.15) is 60.7 Å². The lowest BCUT2D eigenvalue weighted by Crippen LogP contribution is -2.22. The van der Waals surface area contributed by atoms with E-state index in [2.05, 4.69) is 12.2 Å².